The molecule has 0 fully saturated rings. The van der Waals surface area contributed by atoms with Gasteiger partial charge in [-0.15, -0.1) is 0 Å². The van der Waals surface area contributed by atoms with E-state index < -0.39 is 23.7 Å². The van der Waals surface area contributed by atoms with E-state index in [-0.39, 0.29) is 12.0 Å². The van der Waals surface area contributed by atoms with Gasteiger partial charge in [-0.3, -0.25) is 9.59 Å². The number of hydrogen-bond donors (Lipinski definition) is 2. The first-order chi connectivity index (χ1) is 13.0. The van der Waals surface area contributed by atoms with Crippen molar-refractivity contribution in [2.24, 2.45) is 5.73 Å². The minimum Gasteiger partial charge on any atom is -0.368 e. The van der Waals surface area contributed by atoms with E-state index in [0.717, 1.165) is 16.7 Å². The van der Waals surface area contributed by atoms with E-state index in [1.165, 1.54) is 24.3 Å². The number of amides is 2. The molecular weight excluding hydrogens is 343 g/mol. The van der Waals surface area contributed by atoms with Crippen LogP contribution in [0.2, 0.25) is 0 Å². The molecule has 3 aromatic rings. The van der Waals surface area contributed by atoms with Gasteiger partial charge in [-0.05, 0) is 41.0 Å². The lowest BCUT2D eigenvalue weighted by Gasteiger charge is -2.16. The van der Waals surface area contributed by atoms with Crippen molar-refractivity contribution in [2.45, 2.75) is 12.5 Å². The molecule has 2 amide bonds. The van der Waals surface area contributed by atoms with Gasteiger partial charge < -0.3 is 11.1 Å². The Labute approximate surface area is 156 Å². The highest BCUT2D eigenvalue weighted by molar-refractivity contribution is 5.97. The third-order valence-corrected chi connectivity index (χ3v) is 4.26. The molecule has 0 aliphatic rings. The van der Waals surface area contributed by atoms with Crippen LogP contribution >= 0.6 is 0 Å². The summed E-state index contributed by atoms with van der Waals surface area (Å²) in [4.78, 5) is 24.0. The molecule has 0 aliphatic heterocycles. The molecule has 3 rings (SSSR count). The first kappa shape index (κ1) is 18.3. The number of nitrogens with one attached hydrogen (secondary N) is 1. The second kappa shape index (κ2) is 8.27. The lowest BCUT2D eigenvalue weighted by Crippen LogP contribution is -2.45. The highest BCUT2D eigenvalue weighted by atomic mass is 19.1. The zero-order valence-corrected chi connectivity index (χ0v) is 14.6. The van der Waals surface area contributed by atoms with Crippen molar-refractivity contribution in [2.75, 3.05) is 0 Å². The molecule has 3 aromatic carbocycles. The van der Waals surface area contributed by atoms with E-state index in [0.29, 0.717) is 0 Å². The van der Waals surface area contributed by atoms with Gasteiger partial charge in [0.25, 0.3) is 5.91 Å². The van der Waals surface area contributed by atoms with Gasteiger partial charge in [0.1, 0.15) is 11.9 Å². The predicted molar refractivity (Wildman–Crippen MR) is 102 cm³/mol. The second-order valence-corrected chi connectivity index (χ2v) is 6.20. The van der Waals surface area contributed by atoms with Crippen LogP contribution in [0.3, 0.4) is 0 Å². The van der Waals surface area contributed by atoms with Crippen molar-refractivity contribution in [3.8, 4) is 11.1 Å². The van der Waals surface area contributed by atoms with Crippen molar-refractivity contribution in [3.63, 3.8) is 0 Å². The molecule has 0 saturated heterocycles. The molecule has 0 aliphatic carbocycles. The van der Waals surface area contributed by atoms with Gasteiger partial charge in [0, 0.05) is 12.0 Å². The fourth-order valence-corrected chi connectivity index (χ4v) is 2.77. The Balaban J connectivity index is 1.70. The summed E-state index contributed by atoms with van der Waals surface area (Å²) in [5.74, 6) is -1.53. The van der Waals surface area contributed by atoms with Crippen LogP contribution in [0, 0.1) is 5.82 Å². The van der Waals surface area contributed by atoms with Crippen molar-refractivity contribution in [1.82, 2.24) is 5.32 Å². The van der Waals surface area contributed by atoms with Gasteiger partial charge in [-0.25, -0.2) is 4.39 Å². The summed E-state index contributed by atoms with van der Waals surface area (Å²) in [7, 11) is 0. The standard InChI is InChI=1S/C22H19FN2O2/c23-19-12-10-18(11-13-19)22(27)25-20(21(24)26)14-15-6-8-17(9-7-15)16-4-2-1-3-5-16/h1-13,20H,14H2,(H2,24,26)(H,25,27)/t20-/m1/s1. The van der Waals surface area contributed by atoms with Crippen LogP contribution in [0.4, 0.5) is 4.39 Å². The molecule has 0 bridgehead atoms. The Morgan fingerprint density at radius 2 is 1.44 bits per heavy atom. The summed E-state index contributed by atoms with van der Waals surface area (Å²) >= 11 is 0. The molecule has 3 N–H and O–H groups in total. The zero-order chi connectivity index (χ0) is 19.2. The Bertz CT molecular complexity index is 923. The second-order valence-electron chi connectivity index (χ2n) is 6.20. The Kier molecular flexibility index (Phi) is 5.61. The van der Waals surface area contributed by atoms with E-state index in [1.807, 2.05) is 54.6 Å². The normalized spacial score (nSPS) is 11.6. The number of rotatable bonds is 6. The van der Waals surface area contributed by atoms with Gasteiger partial charge in [-0.2, -0.15) is 0 Å². The molecule has 0 spiro atoms. The summed E-state index contributed by atoms with van der Waals surface area (Å²) in [5.41, 5.74) is 8.74. The molecule has 4 nitrogen and oxygen atoms in total. The minimum atomic E-state index is -0.856. The summed E-state index contributed by atoms with van der Waals surface area (Å²) in [5, 5.41) is 2.61. The molecule has 0 radical (unpaired) electrons. The number of benzene rings is 3. The topological polar surface area (TPSA) is 72.2 Å². The molecular formula is C22H19FN2O2. The first-order valence-corrected chi connectivity index (χ1v) is 8.53. The molecule has 27 heavy (non-hydrogen) atoms. The van der Waals surface area contributed by atoms with E-state index in [9.17, 15) is 14.0 Å². The van der Waals surface area contributed by atoms with Crippen molar-refractivity contribution >= 4 is 11.8 Å². The van der Waals surface area contributed by atoms with Crippen molar-refractivity contribution < 1.29 is 14.0 Å². The number of nitrogens with two attached hydrogens (primary N) is 1. The summed E-state index contributed by atoms with van der Waals surface area (Å²) in [6, 6.07) is 21.9. The minimum absolute atomic E-state index is 0.266. The van der Waals surface area contributed by atoms with Crippen LogP contribution in [0.15, 0.2) is 78.9 Å². The van der Waals surface area contributed by atoms with Crippen LogP contribution in [-0.4, -0.2) is 17.9 Å². The molecule has 0 heterocycles. The van der Waals surface area contributed by atoms with Crippen LogP contribution in [-0.2, 0) is 11.2 Å². The van der Waals surface area contributed by atoms with Crippen LogP contribution in [0.5, 0.6) is 0 Å². The van der Waals surface area contributed by atoms with Gasteiger partial charge in [-0.1, -0.05) is 54.6 Å². The fraction of sp³-hybridized carbons (Fsp3) is 0.0909. The Hall–Kier alpha value is -3.47. The highest BCUT2D eigenvalue weighted by Crippen LogP contribution is 2.19. The summed E-state index contributed by atoms with van der Waals surface area (Å²) in [6.07, 6.45) is 0.275. The largest absolute Gasteiger partial charge is 0.368 e. The van der Waals surface area contributed by atoms with Gasteiger partial charge in [0.05, 0.1) is 0 Å². The van der Waals surface area contributed by atoms with Crippen LogP contribution < -0.4 is 11.1 Å². The molecule has 0 unspecified atom stereocenters. The quantitative estimate of drug-likeness (QED) is 0.706. The van der Waals surface area contributed by atoms with E-state index in [2.05, 4.69) is 5.32 Å². The third-order valence-electron chi connectivity index (χ3n) is 4.26. The molecule has 1 atom stereocenters. The molecule has 136 valence electrons. The number of carbonyl (C=O) groups excluding carboxylic acids is 2. The molecule has 0 aromatic heterocycles. The van der Waals surface area contributed by atoms with E-state index in [4.69, 9.17) is 5.73 Å². The number of hydrogen-bond acceptors (Lipinski definition) is 2. The average Bonchev–Trinajstić information content (AvgIpc) is 2.69. The Morgan fingerprint density at radius 3 is 2.04 bits per heavy atom. The SMILES string of the molecule is NC(=O)[C@@H](Cc1ccc(-c2ccccc2)cc1)NC(=O)c1ccc(F)cc1. The van der Waals surface area contributed by atoms with Crippen molar-refractivity contribution in [1.29, 1.82) is 0 Å². The maximum absolute atomic E-state index is 13.0. The molecule has 5 heteroatoms. The highest BCUT2D eigenvalue weighted by Gasteiger charge is 2.19. The lowest BCUT2D eigenvalue weighted by atomic mass is 10.00. The predicted octanol–water partition coefficient (Wildman–Crippen LogP) is 3.32. The smallest absolute Gasteiger partial charge is 0.251 e. The monoisotopic (exact) mass is 362 g/mol. The number of carbonyl (C=O) groups is 2. The Morgan fingerprint density at radius 1 is 0.852 bits per heavy atom. The van der Waals surface area contributed by atoms with Crippen molar-refractivity contribution in [3.05, 3.63) is 95.8 Å². The summed E-state index contributed by atoms with van der Waals surface area (Å²) in [6.45, 7) is 0. The van der Waals surface area contributed by atoms with E-state index in [1.54, 1.807) is 0 Å². The van der Waals surface area contributed by atoms with Crippen LogP contribution in [0.25, 0.3) is 11.1 Å². The van der Waals surface area contributed by atoms with Crippen LogP contribution in [0.1, 0.15) is 15.9 Å². The number of primary amides is 1. The van der Waals surface area contributed by atoms with Gasteiger partial charge >= 0.3 is 0 Å². The lowest BCUT2D eigenvalue weighted by molar-refractivity contribution is -0.119. The van der Waals surface area contributed by atoms with Gasteiger partial charge in [0.15, 0.2) is 0 Å². The van der Waals surface area contributed by atoms with E-state index >= 15 is 0 Å². The third kappa shape index (κ3) is 4.79. The first-order valence-electron chi connectivity index (χ1n) is 8.53. The van der Waals surface area contributed by atoms with Gasteiger partial charge in [0.2, 0.25) is 5.91 Å². The average molecular weight is 362 g/mol. The molecule has 0 saturated carbocycles. The maximum Gasteiger partial charge on any atom is 0.251 e. The maximum atomic E-state index is 13.0. The number of halogens is 1. The summed E-state index contributed by atoms with van der Waals surface area (Å²) < 4.78 is 13.0. The fourth-order valence-electron chi connectivity index (χ4n) is 2.77. The zero-order valence-electron chi connectivity index (χ0n) is 14.6.